The van der Waals surface area contributed by atoms with Crippen LogP contribution in [0.1, 0.15) is 25.5 Å². The van der Waals surface area contributed by atoms with Crippen molar-refractivity contribution in [2.45, 2.75) is 32.2 Å². The van der Waals surface area contributed by atoms with Crippen LogP contribution in [0.4, 0.5) is 0 Å². The zero-order valence-electron chi connectivity index (χ0n) is 13.1. The van der Waals surface area contributed by atoms with Gasteiger partial charge in [0.15, 0.2) is 6.29 Å². The smallest absolute Gasteiger partial charge is 0.171 e. The SMILES string of the molecule is COc1ccc(OC)c(C(C)NC(C)C(OC)OC)c1. The molecule has 0 fully saturated rings. The van der Waals surface area contributed by atoms with Crippen LogP contribution >= 0.6 is 0 Å². The number of hydrogen-bond donors (Lipinski definition) is 1. The highest BCUT2D eigenvalue weighted by atomic mass is 16.7. The lowest BCUT2D eigenvalue weighted by molar-refractivity contribution is -0.120. The minimum Gasteiger partial charge on any atom is -0.497 e. The fourth-order valence-corrected chi connectivity index (χ4v) is 2.24. The standard InChI is InChI=1S/C15H25NO4/c1-10(16-11(2)15(19-5)20-6)13-9-12(17-3)7-8-14(13)18-4/h7-11,15-16H,1-6H3. The Kier molecular flexibility index (Phi) is 6.78. The third-order valence-corrected chi connectivity index (χ3v) is 3.29. The van der Waals surface area contributed by atoms with Gasteiger partial charge in [-0.3, -0.25) is 0 Å². The summed E-state index contributed by atoms with van der Waals surface area (Å²) in [5.41, 5.74) is 1.03. The summed E-state index contributed by atoms with van der Waals surface area (Å²) in [4.78, 5) is 0. The summed E-state index contributed by atoms with van der Waals surface area (Å²) < 4.78 is 21.2. The maximum atomic E-state index is 5.40. The highest BCUT2D eigenvalue weighted by Gasteiger charge is 2.20. The number of hydrogen-bond acceptors (Lipinski definition) is 5. The van der Waals surface area contributed by atoms with Gasteiger partial charge in [-0.25, -0.2) is 0 Å². The molecule has 0 aliphatic rings. The highest BCUT2D eigenvalue weighted by molar-refractivity contribution is 5.42. The maximum absolute atomic E-state index is 5.40. The Labute approximate surface area is 121 Å². The molecule has 20 heavy (non-hydrogen) atoms. The average Bonchev–Trinajstić information content (AvgIpc) is 2.47. The van der Waals surface area contributed by atoms with Gasteiger partial charge in [-0.1, -0.05) is 0 Å². The second-order valence-electron chi connectivity index (χ2n) is 4.62. The molecule has 0 saturated carbocycles. The van der Waals surface area contributed by atoms with Crippen LogP contribution in [-0.4, -0.2) is 40.8 Å². The lowest BCUT2D eigenvalue weighted by Gasteiger charge is -2.26. The van der Waals surface area contributed by atoms with Crippen molar-refractivity contribution in [3.63, 3.8) is 0 Å². The summed E-state index contributed by atoms with van der Waals surface area (Å²) in [6.45, 7) is 4.08. The molecule has 0 amide bonds. The zero-order valence-corrected chi connectivity index (χ0v) is 13.1. The van der Waals surface area contributed by atoms with Crippen LogP contribution in [0.2, 0.25) is 0 Å². The molecule has 5 nitrogen and oxygen atoms in total. The first kappa shape index (κ1) is 16.8. The van der Waals surface area contributed by atoms with E-state index in [0.29, 0.717) is 0 Å². The fourth-order valence-electron chi connectivity index (χ4n) is 2.24. The third kappa shape index (κ3) is 4.10. The van der Waals surface area contributed by atoms with Crippen LogP contribution in [0.25, 0.3) is 0 Å². The molecule has 114 valence electrons. The van der Waals surface area contributed by atoms with Gasteiger partial charge in [-0.15, -0.1) is 0 Å². The lowest BCUT2D eigenvalue weighted by atomic mass is 10.1. The second kappa shape index (κ2) is 8.09. The summed E-state index contributed by atoms with van der Waals surface area (Å²) >= 11 is 0. The van der Waals surface area contributed by atoms with Crippen molar-refractivity contribution < 1.29 is 18.9 Å². The molecule has 2 unspecified atom stereocenters. The highest BCUT2D eigenvalue weighted by Crippen LogP contribution is 2.29. The van der Waals surface area contributed by atoms with E-state index in [2.05, 4.69) is 12.2 Å². The Morgan fingerprint density at radius 3 is 2.10 bits per heavy atom. The summed E-state index contributed by atoms with van der Waals surface area (Å²) in [5, 5.41) is 3.44. The van der Waals surface area contributed by atoms with Crippen molar-refractivity contribution in [1.29, 1.82) is 0 Å². The number of rotatable bonds is 8. The van der Waals surface area contributed by atoms with E-state index in [1.165, 1.54) is 0 Å². The van der Waals surface area contributed by atoms with Crippen LogP contribution in [0.3, 0.4) is 0 Å². The van der Waals surface area contributed by atoms with Crippen molar-refractivity contribution >= 4 is 0 Å². The summed E-state index contributed by atoms with van der Waals surface area (Å²) in [7, 11) is 6.57. The van der Waals surface area contributed by atoms with E-state index in [-0.39, 0.29) is 18.4 Å². The van der Waals surface area contributed by atoms with E-state index < -0.39 is 0 Å². The quantitative estimate of drug-likeness (QED) is 0.742. The Balaban J connectivity index is 2.87. The molecule has 0 radical (unpaired) electrons. The number of benzene rings is 1. The van der Waals surface area contributed by atoms with Crippen molar-refractivity contribution in [2.24, 2.45) is 0 Å². The van der Waals surface area contributed by atoms with E-state index in [1.807, 2.05) is 25.1 Å². The van der Waals surface area contributed by atoms with Crippen molar-refractivity contribution in [2.75, 3.05) is 28.4 Å². The van der Waals surface area contributed by atoms with E-state index in [1.54, 1.807) is 28.4 Å². The summed E-state index contributed by atoms with van der Waals surface area (Å²) in [5.74, 6) is 1.63. The third-order valence-electron chi connectivity index (χ3n) is 3.29. The molecule has 0 heterocycles. The van der Waals surface area contributed by atoms with Crippen LogP contribution < -0.4 is 14.8 Å². The number of nitrogens with one attached hydrogen (secondary N) is 1. The molecule has 2 atom stereocenters. The van der Waals surface area contributed by atoms with Crippen molar-refractivity contribution in [3.8, 4) is 11.5 Å². The molecule has 1 aromatic rings. The van der Waals surface area contributed by atoms with Gasteiger partial charge < -0.3 is 24.3 Å². The van der Waals surface area contributed by atoms with Gasteiger partial charge in [0.2, 0.25) is 0 Å². The van der Waals surface area contributed by atoms with Gasteiger partial charge >= 0.3 is 0 Å². The molecule has 0 aliphatic heterocycles. The first-order chi connectivity index (χ1) is 9.57. The molecule has 5 heteroatoms. The normalized spacial score (nSPS) is 14.2. The first-order valence-electron chi connectivity index (χ1n) is 6.60. The van der Waals surface area contributed by atoms with Crippen LogP contribution in [0.15, 0.2) is 18.2 Å². The van der Waals surface area contributed by atoms with Crippen LogP contribution in [-0.2, 0) is 9.47 Å². The predicted octanol–water partition coefficient (Wildman–Crippen LogP) is 2.36. The van der Waals surface area contributed by atoms with E-state index >= 15 is 0 Å². The van der Waals surface area contributed by atoms with Gasteiger partial charge in [0.05, 0.1) is 20.3 Å². The monoisotopic (exact) mass is 283 g/mol. The Morgan fingerprint density at radius 2 is 1.60 bits per heavy atom. The van der Waals surface area contributed by atoms with Gasteiger partial charge in [0, 0.05) is 25.8 Å². The van der Waals surface area contributed by atoms with E-state index in [0.717, 1.165) is 17.1 Å². The minimum atomic E-state index is -0.297. The largest absolute Gasteiger partial charge is 0.497 e. The zero-order chi connectivity index (χ0) is 15.1. The topological polar surface area (TPSA) is 49.0 Å². The predicted molar refractivity (Wildman–Crippen MR) is 78.4 cm³/mol. The van der Waals surface area contributed by atoms with Gasteiger partial charge in [0.1, 0.15) is 11.5 Å². The molecule has 0 bridgehead atoms. The molecular formula is C15H25NO4. The van der Waals surface area contributed by atoms with E-state index in [4.69, 9.17) is 18.9 Å². The second-order valence-corrected chi connectivity index (χ2v) is 4.62. The molecule has 0 spiro atoms. The molecule has 0 saturated heterocycles. The lowest BCUT2D eigenvalue weighted by Crippen LogP contribution is -2.40. The number of methoxy groups -OCH3 is 4. The van der Waals surface area contributed by atoms with Gasteiger partial charge in [0.25, 0.3) is 0 Å². The Morgan fingerprint density at radius 1 is 0.950 bits per heavy atom. The van der Waals surface area contributed by atoms with E-state index in [9.17, 15) is 0 Å². The molecule has 1 rings (SSSR count). The fraction of sp³-hybridized carbons (Fsp3) is 0.600. The first-order valence-corrected chi connectivity index (χ1v) is 6.60. The molecule has 0 aromatic heterocycles. The summed E-state index contributed by atoms with van der Waals surface area (Å²) in [6.07, 6.45) is -0.297. The van der Waals surface area contributed by atoms with Crippen LogP contribution in [0.5, 0.6) is 11.5 Å². The van der Waals surface area contributed by atoms with Crippen molar-refractivity contribution in [3.05, 3.63) is 23.8 Å². The van der Waals surface area contributed by atoms with Crippen molar-refractivity contribution in [1.82, 2.24) is 5.32 Å². The molecule has 1 aromatic carbocycles. The minimum absolute atomic E-state index is 0.0379. The van der Waals surface area contributed by atoms with Gasteiger partial charge in [-0.2, -0.15) is 0 Å². The maximum Gasteiger partial charge on any atom is 0.171 e. The number of ether oxygens (including phenoxy) is 4. The summed E-state index contributed by atoms with van der Waals surface area (Å²) in [6, 6.07) is 5.86. The molecular weight excluding hydrogens is 258 g/mol. The Hall–Kier alpha value is -1.30. The molecule has 1 N–H and O–H groups in total. The average molecular weight is 283 g/mol. The van der Waals surface area contributed by atoms with Crippen LogP contribution in [0, 0.1) is 0 Å². The Bertz CT molecular complexity index is 407. The molecule has 0 aliphatic carbocycles. The van der Waals surface area contributed by atoms with Gasteiger partial charge in [-0.05, 0) is 32.0 Å².